The number of hydrogen-bond donors (Lipinski definition) is 2. The summed E-state index contributed by atoms with van der Waals surface area (Å²) in [4.78, 5) is 0. The molecule has 0 spiro atoms. The Balaban J connectivity index is 0.00000137. The molecule has 0 atom stereocenters. The second-order valence-electron chi connectivity index (χ2n) is 3.79. The van der Waals surface area contributed by atoms with E-state index in [9.17, 15) is 8.78 Å². The fourth-order valence-electron chi connectivity index (χ4n) is 1.07. The number of nitrogens with zero attached hydrogens (tertiary/aromatic N) is 1. The van der Waals surface area contributed by atoms with Gasteiger partial charge in [-0.2, -0.15) is 0 Å². The van der Waals surface area contributed by atoms with Gasteiger partial charge in [0.2, 0.25) is 0 Å². The zero-order valence-corrected chi connectivity index (χ0v) is 11.2. The topological polar surface area (TPSA) is 55.3 Å². The van der Waals surface area contributed by atoms with E-state index in [0.717, 1.165) is 17.1 Å². The van der Waals surface area contributed by atoms with Crippen LogP contribution in [0.4, 0.5) is 14.5 Å². The fourth-order valence-corrected chi connectivity index (χ4v) is 1.07. The molecule has 1 aromatic rings. The van der Waals surface area contributed by atoms with Crippen LogP contribution in [0.15, 0.2) is 30.1 Å². The summed E-state index contributed by atoms with van der Waals surface area (Å²) in [5.74, 6) is 4.34. The van der Waals surface area contributed by atoms with E-state index < -0.39 is 11.6 Å². The third-order valence-electron chi connectivity index (χ3n) is 2.14. The number of halogens is 2. The van der Waals surface area contributed by atoms with E-state index in [4.69, 9.17) is 11.6 Å². The summed E-state index contributed by atoms with van der Waals surface area (Å²) in [5.41, 5.74) is 6.27. The number of hydrogen-bond acceptors (Lipinski definition) is 3. The van der Waals surface area contributed by atoms with E-state index in [2.05, 4.69) is 0 Å². The molecular formula is C13H21F2N3. The van der Waals surface area contributed by atoms with Gasteiger partial charge in [-0.1, -0.05) is 27.7 Å². The summed E-state index contributed by atoms with van der Waals surface area (Å²) < 4.78 is 26.0. The summed E-state index contributed by atoms with van der Waals surface area (Å²) >= 11 is 0. The minimum absolute atomic E-state index is 0.0741. The Morgan fingerprint density at radius 3 is 2.28 bits per heavy atom. The van der Waals surface area contributed by atoms with Gasteiger partial charge in [-0.05, 0) is 18.1 Å². The number of nitrogens with two attached hydrogens (primary N) is 2. The van der Waals surface area contributed by atoms with Crippen LogP contribution in [0.1, 0.15) is 27.7 Å². The highest BCUT2D eigenvalue weighted by atomic mass is 19.1. The van der Waals surface area contributed by atoms with E-state index in [-0.39, 0.29) is 11.6 Å². The molecule has 0 saturated heterocycles. The molecule has 18 heavy (non-hydrogen) atoms. The predicted octanol–water partition coefficient (Wildman–Crippen LogP) is 3.13. The van der Waals surface area contributed by atoms with Crippen LogP contribution in [0.25, 0.3) is 0 Å². The van der Waals surface area contributed by atoms with E-state index >= 15 is 0 Å². The zero-order valence-electron chi connectivity index (χ0n) is 11.2. The van der Waals surface area contributed by atoms with Crippen LogP contribution in [0.2, 0.25) is 0 Å². The summed E-state index contributed by atoms with van der Waals surface area (Å²) in [6.45, 7) is 7.78. The van der Waals surface area contributed by atoms with Gasteiger partial charge in [0.05, 0.1) is 5.69 Å². The average molecular weight is 257 g/mol. The zero-order chi connectivity index (χ0) is 14.3. The molecule has 5 heteroatoms. The smallest absolute Gasteiger partial charge is 0.151 e. The predicted molar refractivity (Wildman–Crippen MR) is 71.5 cm³/mol. The molecule has 102 valence electrons. The first-order valence-electron chi connectivity index (χ1n) is 5.88. The lowest BCUT2D eigenvalue weighted by Crippen LogP contribution is -2.27. The van der Waals surface area contributed by atoms with Gasteiger partial charge < -0.3 is 5.73 Å². The van der Waals surface area contributed by atoms with Crippen LogP contribution in [0, 0.1) is 17.6 Å². The normalized spacial score (nSPS) is 11.0. The molecule has 1 rings (SSSR count). The van der Waals surface area contributed by atoms with E-state index in [1.165, 1.54) is 12.3 Å². The van der Waals surface area contributed by atoms with Crippen molar-refractivity contribution in [2.45, 2.75) is 27.7 Å². The van der Waals surface area contributed by atoms with Crippen molar-refractivity contribution in [2.75, 3.05) is 5.01 Å². The molecule has 0 aliphatic rings. The first kappa shape index (κ1) is 16.4. The highest BCUT2D eigenvalue weighted by Crippen LogP contribution is 2.18. The summed E-state index contributed by atoms with van der Waals surface area (Å²) in [7, 11) is 0. The molecule has 0 radical (unpaired) electrons. The van der Waals surface area contributed by atoms with Crippen molar-refractivity contribution in [3.05, 3.63) is 41.7 Å². The Morgan fingerprint density at radius 1 is 1.28 bits per heavy atom. The van der Waals surface area contributed by atoms with Crippen LogP contribution in [-0.4, -0.2) is 0 Å². The van der Waals surface area contributed by atoms with Crippen molar-refractivity contribution in [1.82, 2.24) is 0 Å². The largest absolute Gasteiger partial charge is 0.401 e. The van der Waals surface area contributed by atoms with Gasteiger partial charge >= 0.3 is 0 Å². The van der Waals surface area contributed by atoms with Crippen LogP contribution in [-0.2, 0) is 0 Å². The highest BCUT2D eigenvalue weighted by Gasteiger charge is 2.08. The van der Waals surface area contributed by atoms with Crippen LogP contribution in [0.3, 0.4) is 0 Å². The molecule has 0 aliphatic heterocycles. The molecule has 0 fully saturated rings. The molecule has 0 amide bonds. The van der Waals surface area contributed by atoms with Crippen molar-refractivity contribution >= 4 is 5.69 Å². The standard InChI is InChI=1S/C11H15F2N3.C2H6/c1-7(2)10(14)6-16(15)11-4-3-8(12)5-9(11)13;1-2/h3-7H,14-15H2,1-2H3;1-2H3/b10-6-;. The van der Waals surface area contributed by atoms with Crippen LogP contribution in [0.5, 0.6) is 0 Å². The van der Waals surface area contributed by atoms with Crippen LogP contribution >= 0.6 is 0 Å². The number of anilines is 1. The SMILES string of the molecule is CC.CC(C)/C(N)=C/N(N)c1ccc(F)cc1F. The monoisotopic (exact) mass is 257 g/mol. The summed E-state index contributed by atoms with van der Waals surface area (Å²) in [6, 6.07) is 3.17. The molecule has 1 aromatic carbocycles. The second-order valence-corrected chi connectivity index (χ2v) is 3.79. The molecule has 0 saturated carbocycles. The van der Waals surface area contributed by atoms with Gasteiger partial charge in [0, 0.05) is 18.0 Å². The Morgan fingerprint density at radius 2 is 1.83 bits per heavy atom. The Labute approximate surface area is 107 Å². The third-order valence-corrected chi connectivity index (χ3v) is 2.14. The quantitative estimate of drug-likeness (QED) is 0.646. The van der Waals surface area contributed by atoms with E-state index in [0.29, 0.717) is 5.70 Å². The number of allylic oxidation sites excluding steroid dienone is 1. The minimum Gasteiger partial charge on any atom is -0.401 e. The Kier molecular flexibility index (Phi) is 6.97. The maximum absolute atomic E-state index is 13.3. The molecule has 0 bridgehead atoms. The fraction of sp³-hybridized carbons (Fsp3) is 0.385. The number of benzene rings is 1. The first-order chi connectivity index (χ1) is 8.41. The molecule has 4 N–H and O–H groups in total. The lowest BCUT2D eigenvalue weighted by molar-refractivity contribution is 0.582. The van der Waals surface area contributed by atoms with E-state index in [1.54, 1.807) is 0 Å². The average Bonchev–Trinajstić information content (AvgIpc) is 2.31. The Hall–Kier alpha value is -1.62. The highest BCUT2D eigenvalue weighted by molar-refractivity contribution is 5.49. The molecule has 3 nitrogen and oxygen atoms in total. The molecule has 0 heterocycles. The molecular weight excluding hydrogens is 236 g/mol. The molecule has 0 aliphatic carbocycles. The first-order valence-corrected chi connectivity index (χ1v) is 5.88. The van der Waals surface area contributed by atoms with Gasteiger partial charge in [0.15, 0.2) is 5.82 Å². The van der Waals surface area contributed by atoms with Gasteiger partial charge in [-0.3, -0.25) is 5.01 Å². The van der Waals surface area contributed by atoms with Gasteiger partial charge in [-0.15, -0.1) is 0 Å². The van der Waals surface area contributed by atoms with Gasteiger partial charge in [-0.25, -0.2) is 14.6 Å². The van der Waals surface area contributed by atoms with Gasteiger partial charge in [0.25, 0.3) is 0 Å². The second kappa shape index (κ2) is 7.66. The maximum atomic E-state index is 13.3. The van der Waals surface area contributed by atoms with Crippen molar-refractivity contribution < 1.29 is 8.78 Å². The molecule has 0 aromatic heterocycles. The number of rotatable bonds is 3. The maximum Gasteiger partial charge on any atom is 0.151 e. The number of hydrazine groups is 1. The summed E-state index contributed by atoms with van der Waals surface area (Å²) in [5, 5.41) is 1.05. The van der Waals surface area contributed by atoms with Crippen molar-refractivity contribution in [2.24, 2.45) is 17.5 Å². The van der Waals surface area contributed by atoms with Gasteiger partial charge in [0.1, 0.15) is 5.82 Å². The van der Waals surface area contributed by atoms with E-state index in [1.807, 2.05) is 27.7 Å². The minimum atomic E-state index is -0.727. The molecule has 0 unspecified atom stereocenters. The van der Waals surface area contributed by atoms with Crippen LogP contribution < -0.4 is 16.6 Å². The van der Waals surface area contributed by atoms with Crippen molar-refractivity contribution in [1.29, 1.82) is 0 Å². The lowest BCUT2D eigenvalue weighted by Gasteiger charge is -2.17. The lowest BCUT2D eigenvalue weighted by atomic mass is 10.1. The van der Waals surface area contributed by atoms with Crippen molar-refractivity contribution in [3.63, 3.8) is 0 Å². The third kappa shape index (κ3) is 4.71. The van der Waals surface area contributed by atoms with Crippen molar-refractivity contribution in [3.8, 4) is 0 Å². The Bertz CT molecular complexity index is 403. The summed E-state index contributed by atoms with van der Waals surface area (Å²) in [6.07, 6.45) is 1.42.